The monoisotopic (exact) mass is 340 g/mol. The molecule has 0 saturated carbocycles. The zero-order chi connectivity index (χ0) is 17.9. The molecule has 2 atom stereocenters. The SMILES string of the molecule is COC1CC(C)(C)N2C1c1ccccc1-c1cc(=O)c(C(=O)O)cn12. The fraction of sp³-hybridized carbons (Fsp3) is 0.368. The Morgan fingerprint density at radius 2 is 2.04 bits per heavy atom. The number of ether oxygens (including phenoxy) is 1. The van der Waals surface area contributed by atoms with Crippen molar-refractivity contribution in [1.82, 2.24) is 4.68 Å². The van der Waals surface area contributed by atoms with Crippen molar-refractivity contribution in [2.75, 3.05) is 12.1 Å². The number of hydrogen-bond acceptors (Lipinski definition) is 4. The van der Waals surface area contributed by atoms with Gasteiger partial charge in [-0.05, 0) is 19.4 Å². The van der Waals surface area contributed by atoms with Crippen molar-refractivity contribution in [2.24, 2.45) is 0 Å². The van der Waals surface area contributed by atoms with Gasteiger partial charge in [-0.2, -0.15) is 0 Å². The summed E-state index contributed by atoms with van der Waals surface area (Å²) in [7, 11) is 1.70. The predicted octanol–water partition coefficient (Wildman–Crippen LogP) is 2.40. The van der Waals surface area contributed by atoms with E-state index in [0.29, 0.717) is 5.69 Å². The summed E-state index contributed by atoms with van der Waals surface area (Å²) in [5.74, 6) is -1.21. The molecule has 25 heavy (non-hydrogen) atoms. The fourth-order valence-electron chi connectivity index (χ4n) is 4.25. The van der Waals surface area contributed by atoms with Crippen LogP contribution in [0.1, 0.15) is 42.2 Å². The molecule has 4 rings (SSSR count). The third-order valence-corrected chi connectivity index (χ3v) is 5.29. The third kappa shape index (κ3) is 2.14. The maximum absolute atomic E-state index is 12.3. The Morgan fingerprint density at radius 1 is 1.32 bits per heavy atom. The number of nitrogens with zero attached hydrogens (tertiary/aromatic N) is 2. The molecule has 1 aromatic carbocycles. The summed E-state index contributed by atoms with van der Waals surface area (Å²) >= 11 is 0. The van der Waals surface area contributed by atoms with E-state index in [-0.39, 0.29) is 23.2 Å². The maximum atomic E-state index is 12.3. The number of aromatic nitrogens is 1. The van der Waals surface area contributed by atoms with Crippen molar-refractivity contribution in [2.45, 2.75) is 38.0 Å². The van der Waals surface area contributed by atoms with Crippen LogP contribution >= 0.6 is 0 Å². The summed E-state index contributed by atoms with van der Waals surface area (Å²) in [6.07, 6.45) is 2.23. The molecule has 2 aliphatic heterocycles. The van der Waals surface area contributed by atoms with Gasteiger partial charge in [-0.25, -0.2) is 4.79 Å². The summed E-state index contributed by atoms with van der Waals surface area (Å²) in [4.78, 5) is 23.7. The Balaban J connectivity index is 2.06. The second-order valence-corrected chi connectivity index (χ2v) is 7.25. The number of benzene rings is 1. The first-order valence-electron chi connectivity index (χ1n) is 8.27. The van der Waals surface area contributed by atoms with Gasteiger partial charge in [0.05, 0.1) is 23.4 Å². The van der Waals surface area contributed by atoms with Crippen molar-refractivity contribution in [3.05, 3.63) is 57.9 Å². The van der Waals surface area contributed by atoms with Gasteiger partial charge in [0.2, 0.25) is 0 Å². The first-order valence-corrected chi connectivity index (χ1v) is 8.27. The molecule has 2 aromatic rings. The average Bonchev–Trinajstić information content (AvgIpc) is 2.85. The van der Waals surface area contributed by atoms with E-state index in [0.717, 1.165) is 17.5 Å². The number of rotatable bonds is 2. The molecule has 3 heterocycles. The van der Waals surface area contributed by atoms with Crippen LogP contribution in [-0.4, -0.2) is 34.5 Å². The highest BCUT2D eigenvalue weighted by Gasteiger charge is 2.50. The second kappa shape index (κ2) is 5.20. The maximum Gasteiger partial charge on any atom is 0.341 e. The summed E-state index contributed by atoms with van der Waals surface area (Å²) in [5, 5.41) is 11.5. The van der Waals surface area contributed by atoms with Crippen molar-refractivity contribution < 1.29 is 14.6 Å². The van der Waals surface area contributed by atoms with Gasteiger partial charge in [0.15, 0.2) is 5.43 Å². The highest BCUT2D eigenvalue weighted by Crippen LogP contribution is 2.48. The van der Waals surface area contributed by atoms with Gasteiger partial charge in [-0.1, -0.05) is 24.3 Å². The van der Waals surface area contributed by atoms with Crippen LogP contribution in [-0.2, 0) is 4.74 Å². The molecule has 0 spiro atoms. The van der Waals surface area contributed by atoms with Crippen LogP contribution in [0.25, 0.3) is 11.3 Å². The Labute approximate surface area is 145 Å². The number of aromatic carboxylic acids is 1. The van der Waals surface area contributed by atoms with Crippen LogP contribution in [0.4, 0.5) is 0 Å². The molecule has 2 unspecified atom stereocenters. The van der Waals surface area contributed by atoms with Gasteiger partial charge in [-0.3, -0.25) is 14.5 Å². The molecule has 0 bridgehead atoms. The lowest BCUT2D eigenvalue weighted by atomic mass is 9.93. The summed E-state index contributed by atoms with van der Waals surface area (Å²) < 4.78 is 7.59. The van der Waals surface area contributed by atoms with Crippen LogP contribution in [0, 0.1) is 0 Å². The average molecular weight is 340 g/mol. The lowest BCUT2D eigenvalue weighted by molar-refractivity contribution is 0.0694. The van der Waals surface area contributed by atoms with E-state index in [1.807, 2.05) is 22.9 Å². The van der Waals surface area contributed by atoms with E-state index < -0.39 is 11.4 Å². The van der Waals surface area contributed by atoms with E-state index in [2.05, 4.69) is 24.9 Å². The lowest BCUT2D eigenvalue weighted by Crippen LogP contribution is -2.50. The van der Waals surface area contributed by atoms with Crippen molar-refractivity contribution in [3.8, 4) is 11.3 Å². The Kier molecular flexibility index (Phi) is 3.30. The summed E-state index contributed by atoms with van der Waals surface area (Å²) in [6, 6.07) is 9.32. The molecule has 0 aliphatic carbocycles. The van der Waals surface area contributed by atoms with Crippen LogP contribution in [0.2, 0.25) is 0 Å². The summed E-state index contributed by atoms with van der Waals surface area (Å²) in [5.41, 5.74) is 1.80. The number of carbonyl (C=O) groups is 1. The van der Waals surface area contributed by atoms with E-state index in [9.17, 15) is 14.7 Å². The largest absolute Gasteiger partial charge is 0.477 e. The molecule has 0 amide bonds. The number of carboxylic acids is 1. The zero-order valence-corrected chi connectivity index (χ0v) is 14.4. The zero-order valence-electron chi connectivity index (χ0n) is 14.4. The van der Waals surface area contributed by atoms with Crippen LogP contribution in [0.15, 0.2) is 41.3 Å². The molecular formula is C19H20N2O4. The Morgan fingerprint density at radius 3 is 2.72 bits per heavy atom. The van der Waals surface area contributed by atoms with Crippen molar-refractivity contribution >= 4 is 5.97 Å². The molecule has 130 valence electrons. The fourth-order valence-corrected chi connectivity index (χ4v) is 4.25. The normalized spacial score (nSPS) is 22.9. The molecule has 1 fully saturated rings. The molecule has 0 radical (unpaired) electrons. The van der Waals surface area contributed by atoms with Crippen molar-refractivity contribution in [3.63, 3.8) is 0 Å². The van der Waals surface area contributed by atoms with E-state index in [4.69, 9.17) is 4.74 Å². The van der Waals surface area contributed by atoms with Gasteiger partial charge >= 0.3 is 5.97 Å². The minimum atomic E-state index is -1.21. The number of methoxy groups -OCH3 is 1. The Hall–Kier alpha value is -2.60. The first-order chi connectivity index (χ1) is 11.8. The Bertz CT molecular complexity index is 931. The second-order valence-electron chi connectivity index (χ2n) is 7.25. The highest BCUT2D eigenvalue weighted by molar-refractivity contribution is 5.88. The molecule has 6 nitrogen and oxygen atoms in total. The van der Waals surface area contributed by atoms with E-state index in [1.54, 1.807) is 7.11 Å². The third-order valence-electron chi connectivity index (χ3n) is 5.29. The number of carboxylic acid groups (broad SMARTS) is 1. The van der Waals surface area contributed by atoms with Gasteiger partial charge in [0, 0.05) is 31.4 Å². The lowest BCUT2D eigenvalue weighted by Gasteiger charge is -2.44. The topological polar surface area (TPSA) is 71.8 Å². The molecule has 1 N–H and O–H groups in total. The van der Waals surface area contributed by atoms with E-state index >= 15 is 0 Å². The van der Waals surface area contributed by atoms with Gasteiger partial charge in [0.25, 0.3) is 0 Å². The highest BCUT2D eigenvalue weighted by atomic mass is 16.5. The quantitative estimate of drug-likeness (QED) is 0.909. The smallest absolute Gasteiger partial charge is 0.341 e. The van der Waals surface area contributed by atoms with Crippen LogP contribution in [0.5, 0.6) is 0 Å². The van der Waals surface area contributed by atoms with Crippen LogP contribution < -0.4 is 10.4 Å². The molecule has 6 heteroatoms. The van der Waals surface area contributed by atoms with Gasteiger partial charge < -0.3 is 9.84 Å². The molecular weight excluding hydrogens is 320 g/mol. The van der Waals surface area contributed by atoms with Gasteiger partial charge in [0.1, 0.15) is 5.56 Å². The first kappa shape index (κ1) is 15.9. The van der Waals surface area contributed by atoms with E-state index in [1.165, 1.54) is 12.3 Å². The molecule has 1 aromatic heterocycles. The minimum absolute atomic E-state index is 0.0167. The van der Waals surface area contributed by atoms with Crippen LogP contribution in [0.3, 0.4) is 0 Å². The molecule has 2 aliphatic rings. The van der Waals surface area contributed by atoms with Gasteiger partial charge in [-0.15, -0.1) is 0 Å². The minimum Gasteiger partial charge on any atom is -0.477 e. The summed E-state index contributed by atoms with van der Waals surface area (Å²) in [6.45, 7) is 4.21. The van der Waals surface area contributed by atoms with Crippen molar-refractivity contribution in [1.29, 1.82) is 0 Å². The number of fused-ring (bicyclic) bond motifs is 6. The molecule has 1 saturated heterocycles. The predicted molar refractivity (Wildman–Crippen MR) is 93.5 cm³/mol. The number of pyridine rings is 1. The number of hydrogen-bond donors (Lipinski definition) is 1. The standard InChI is InChI=1S/C19H20N2O4/c1-19(2)9-16(25-3)17-12-7-5-4-6-11(12)14-8-15(22)13(18(23)24)10-20(14)21(17)19/h4-8,10,16-17H,9H2,1-3H3,(H,23,24).